The molecule has 2 aromatic carbocycles. The molecule has 4 nitrogen and oxygen atoms in total. The Bertz CT molecular complexity index is 785. The summed E-state index contributed by atoms with van der Waals surface area (Å²) in [6, 6.07) is 9.02. The first-order valence-electron chi connectivity index (χ1n) is 6.11. The fourth-order valence-electron chi connectivity index (χ4n) is 1.94. The number of halogens is 3. The third kappa shape index (κ3) is 3.91. The number of nitrogens with one attached hydrogen (secondary N) is 1. The van der Waals surface area contributed by atoms with E-state index in [1.165, 1.54) is 24.3 Å². The fraction of sp³-hybridized carbons (Fsp3) is 0.143. The maximum absolute atomic E-state index is 12.5. The van der Waals surface area contributed by atoms with Crippen molar-refractivity contribution in [1.29, 1.82) is 0 Å². The monoisotopic (exact) mass is 330 g/mol. The molecule has 0 unspecified atom stereocenters. The SMILES string of the molecule is CS(=O)(=O)Nc1ccc(-c2ccc(C(F)(F)F)cc2)c(N)c1. The van der Waals surface area contributed by atoms with Gasteiger partial charge in [0.2, 0.25) is 10.0 Å². The van der Waals surface area contributed by atoms with E-state index in [0.29, 0.717) is 11.1 Å². The van der Waals surface area contributed by atoms with E-state index in [1.54, 1.807) is 6.07 Å². The Morgan fingerprint density at radius 3 is 2.09 bits per heavy atom. The van der Waals surface area contributed by atoms with Gasteiger partial charge in [-0.15, -0.1) is 0 Å². The van der Waals surface area contributed by atoms with Crippen LogP contribution in [0.3, 0.4) is 0 Å². The highest BCUT2D eigenvalue weighted by atomic mass is 32.2. The van der Waals surface area contributed by atoms with Crippen LogP contribution in [0, 0.1) is 0 Å². The van der Waals surface area contributed by atoms with Crippen LogP contribution in [0.2, 0.25) is 0 Å². The average Bonchev–Trinajstić information content (AvgIpc) is 2.36. The van der Waals surface area contributed by atoms with Crippen molar-refractivity contribution in [2.24, 2.45) is 0 Å². The Labute approximate surface area is 125 Å². The van der Waals surface area contributed by atoms with Crippen LogP contribution in [-0.4, -0.2) is 14.7 Å². The van der Waals surface area contributed by atoms with Gasteiger partial charge in [0, 0.05) is 11.3 Å². The predicted octanol–water partition coefficient (Wildman–Crippen LogP) is 3.33. The molecule has 0 bridgehead atoms. The third-order valence-electron chi connectivity index (χ3n) is 2.88. The standard InChI is InChI=1S/C14H13F3N2O2S/c1-22(20,21)19-11-6-7-12(13(18)8-11)9-2-4-10(5-3-9)14(15,16)17/h2-8,19H,18H2,1H3. The predicted molar refractivity (Wildman–Crippen MR) is 79.8 cm³/mol. The van der Waals surface area contributed by atoms with Gasteiger partial charge in [0.1, 0.15) is 0 Å². The number of hydrogen-bond donors (Lipinski definition) is 2. The van der Waals surface area contributed by atoms with E-state index >= 15 is 0 Å². The summed E-state index contributed by atoms with van der Waals surface area (Å²) < 4.78 is 62.1. The molecule has 0 aromatic heterocycles. The molecule has 2 rings (SSSR count). The molecule has 8 heteroatoms. The number of alkyl halides is 3. The van der Waals surface area contributed by atoms with Crippen LogP contribution in [0.4, 0.5) is 24.5 Å². The lowest BCUT2D eigenvalue weighted by Crippen LogP contribution is -2.09. The van der Waals surface area contributed by atoms with Crippen molar-refractivity contribution in [2.45, 2.75) is 6.18 Å². The Morgan fingerprint density at radius 1 is 1.05 bits per heavy atom. The summed E-state index contributed by atoms with van der Waals surface area (Å²) >= 11 is 0. The molecule has 0 aliphatic carbocycles. The molecule has 3 N–H and O–H groups in total. The molecule has 2 aromatic rings. The van der Waals surface area contributed by atoms with Gasteiger partial charge < -0.3 is 5.73 Å². The average molecular weight is 330 g/mol. The van der Waals surface area contributed by atoms with Crippen molar-refractivity contribution in [3.63, 3.8) is 0 Å². The zero-order valence-corrected chi connectivity index (χ0v) is 12.3. The Hall–Kier alpha value is -2.22. The highest BCUT2D eigenvalue weighted by molar-refractivity contribution is 7.92. The van der Waals surface area contributed by atoms with Crippen LogP contribution >= 0.6 is 0 Å². The number of sulfonamides is 1. The normalized spacial score (nSPS) is 12.2. The second-order valence-corrected chi connectivity index (χ2v) is 6.50. The van der Waals surface area contributed by atoms with Crippen LogP contribution in [0.5, 0.6) is 0 Å². The van der Waals surface area contributed by atoms with Gasteiger partial charge in [-0.05, 0) is 29.8 Å². The van der Waals surface area contributed by atoms with Crippen LogP contribution in [0.1, 0.15) is 5.56 Å². The molecule has 0 saturated carbocycles. The summed E-state index contributed by atoms with van der Waals surface area (Å²) in [5, 5.41) is 0. The maximum atomic E-state index is 12.5. The fourth-order valence-corrected chi connectivity index (χ4v) is 2.50. The second kappa shape index (κ2) is 5.53. The lowest BCUT2D eigenvalue weighted by atomic mass is 10.0. The van der Waals surface area contributed by atoms with Crippen molar-refractivity contribution < 1.29 is 21.6 Å². The Balaban J connectivity index is 2.34. The molecule has 22 heavy (non-hydrogen) atoms. The molecular formula is C14H13F3N2O2S. The molecule has 0 radical (unpaired) electrons. The van der Waals surface area contributed by atoms with Gasteiger partial charge in [-0.3, -0.25) is 4.72 Å². The van der Waals surface area contributed by atoms with Gasteiger partial charge in [0.15, 0.2) is 0 Å². The van der Waals surface area contributed by atoms with Crippen LogP contribution < -0.4 is 10.5 Å². The lowest BCUT2D eigenvalue weighted by Gasteiger charge is -2.11. The van der Waals surface area contributed by atoms with E-state index in [4.69, 9.17) is 5.73 Å². The van der Waals surface area contributed by atoms with Gasteiger partial charge >= 0.3 is 6.18 Å². The van der Waals surface area contributed by atoms with E-state index < -0.39 is 21.8 Å². The molecule has 0 atom stereocenters. The van der Waals surface area contributed by atoms with Crippen LogP contribution in [0.25, 0.3) is 11.1 Å². The van der Waals surface area contributed by atoms with E-state index in [2.05, 4.69) is 4.72 Å². The molecule has 0 fully saturated rings. The highest BCUT2D eigenvalue weighted by Crippen LogP contribution is 2.33. The maximum Gasteiger partial charge on any atom is 0.416 e. The quantitative estimate of drug-likeness (QED) is 0.848. The van der Waals surface area contributed by atoms with Gasteiger partial charge in [0.05, 0.1) is 17.5 Å². The summed E-state index contributed by atoms with van der Waals surface area (Å²) in [4.78, 5) is 0. The zero-order chi connectivity index (χ0) is 16.5. The number of nitrogens with two attached hydrogens (primary N) is 1. The van der Waals surface area contributed by atoms with Gasteiger partial charge in [-0.25, -0.2) is 8.42 Å². The molecule has 0 saturated heterocycles. The first-order valence-corrected chi connectivity index (χ1v) is 8.00. The smallest absolute Gasteiger partial charge is 0.398 e. The number of hydrogen-bond acceptors (Lipinski definition) is 3. The molecule has 118 valence electrons. The van der Waals surface area contributed by atoms with Crippen LogP contribution in [-0.2, 0) is 16.2 Å². The van der Waals surface area contributed by atoms with Crippen molar-refractivity contribution in [3.8, 4) is 11.1 Å². The molecule has 0 spiro atoms. The zero-order valence-electron chi connectivity index (χ0n) is 11.5. The van der Waals surface area contributed by atoms with Crippen molar-refractivity contribution in [3.05, 3.63) is 48.0 Å². The summed E-state index contributed by atoms with van der Waals surface area (Å²) in [6.07, 6.45) is -3.39. The van der Waals surface area contributed by atoms with Crippen molar-refractivity contribution >= 4 is 21.4 Å². The topological polar surface area (TPSA) is 72.2 Å². The summed E-state index contributed by atoms with van der Waals surface area (Å²) in [5.41, 5.74) is 6.67. The Kier molecular flexibility index (Phi) is 4.06. The van der Waals surface area contributed by atoms with Crippen LogP contribution in [0.15, 0.2) is 42.5 Å². The molecular weight excluding hydrogens is 317 g/mol. The van der Waals surface area contributed by atoms with E-state index in [9.17, 15) is 21.6 Å². The molecule has 0 aliphatic heterocycles. The second-order valence-electron chi connectivity index (χ2n) is 4.75. The summed E-state index contributed by atoms with van der Waals surface area (Å²) in [5.74, 6) is 0. The van der Waals surface area contributed by atoms with Gasteiger partial charge in [0.25, 0.3) is 0 Å². The van der Waals surface area contributed by atoms with Gasteiger partial charge in [-0.1, -0.05) is 18.2 Å². The number of benzene rings is 2. The molecule has 0 aliphatic rings. The minimum Gasteiger partial charge on any atom is -0.398 e. The first-order chi connectivity index (χ1) is 10.1. The van der Waals surface area contributed by atoms with Gasteiger partial charge in [-0.2, -0.15) is 13.2 Å². The number of nitrogen functional groups attached to an aromatic ring is 1. The largest absolute Gasteiger partial charge is 0.416 e. The minimum atomic E-state index is -4.40. The molecule has 0 heterocycles. The lowest BCUT2D eigenvalue weighted by molar-refractivity contribution is -0.137. The van der Waals surface area contributed by atoms with E-state index in [1.807, 2.05) is 0 Å². The van der Waals surface area contributed by atoms with E-state index in [0.717, 1.165) is 18.4 Å². The number of rotatable bonds is 3. The molecule has 0 amide bonds. The van der Waals surface area contributed by atoms with Crippen molar-refractivity contribution in [1.82, 2.24) is 0 Å². The van der Waals surface area contributed by atoms with E-state index in [-0.39, 0.29) is 11.4 Å². The third-order valence-corrected chi connectivity index (χ3v) is 3.48. The highest BCUT2D eigenvalue weighted by Gasteiger charge is 2.30. The Morgan fingerprint density at radius 2 is 1.64 bits per heavy atom. The first kappa shape index (κ1) is 16.2. The summed E-state index contributed by atoms with van der Waals surface area (Å²) in [7, 11) is -3.42. The van der Waals surface area contributed by atoms with Crippen molar-refractivity contribution in [2.75, 3.05) is 16.7 Å². The summed E-state index contributed by atoms with van der Waals surface area (Å²) in [6.45, 7) is 0. The number of anilines is 2. The minimum absolute atomic E-state index is 0.258.